The molecule has 2 atom stereocenters. The predicted octanol–water partition coefficient (Wildman–Crippen LogP) is 3.32. The van der Waals surface area contributed by atoms with Gasteiger partial charge in [-0.25, -0.2) is 4.39 Å². The Morgan fingerprint density at radius 2 is 2.33 bits per heavy atom. The molecule has 2 nitrogen and oxygen atoms in total. The molecule has 100 valence electrons. The number of halogens is 2. The summed E-state index contributed by atoms with van der Waals surface area (Å²) in [5.41, 5.74) is 6.59. The molecule has 1 aromatic rings. The van der Waals surface area contributed by atoms with E-state index >= 15 is 0 Å². The van der Waals surface area contributed by atoms with Crippen molar-refractivity contribution in [3.05, 3.63) is 34.1 Å². The Labute approximate surface area is 116 Å². The van der Waals surface area contributed by atoms with Gasteiger partial charge in [-0.15, -0.1) is 0 Å². The summed E-state index contributed by atoms with van der Waals surface area (Å²) < 4.78 is 14.9. The van der Waals surface area contributed by atoms with Crippen molar-refractivity contribution in [1.82, 2.24) is 4.90 Å². The molecule has 0 aliphatic carbocycles. The van der Waals surface area contributed by atoms with Crippen molar-refractivity contribution >= 4 is 15.9 Å². The van der Waals surface area contributed by atoms with Gasteiger partial charge in [-0.2, -0.15) is 0 Å². The number of hydrogen-bond donors (Lipinski definition) is 1. The first-order valence-electron chi connectivity index (χ1n) is 6.51. The maximum absolute atomic E-state index is 14.0. The summed E-state index contributed by atoms with van der Waals surface area (Å²) in [7, 11) is 0. The Balaban J connectivity index is 2.24. The molecule has 0 radical (unpaired) electrons. The van der Waals surface area contributed by atoms with Crippen molar-refractivity contribution < 1.29 is 4.39 Å². The van der Waals surface area contributed by atoms with Gasteiger partial charge in [-0.05, 0) is 43.5 Å². The van der Waals surface area contributed by atoms with Crippen LogP contribution in [0.5, 0.6) is 0 Å². The molecule has 0 aromatic heterocycles. The zero-order valence-corrected chi connectivity index (χ0v) is 12.3. The second kappa shape index (κ2) is 6.13. The van der Waals surface area contributed by atoms with E-state index in [1.165, 1.54) is 18.9 Å². The number of piperidine rings is 1. The van der Waals surface area contributed by atoms with Gasteiger partial charge in [-0.3, -0.25) is 4.90 Å². The summed E-state index contributed by atoms with van der Waals surface area (Å²) in [6, 6.07) is 5.08. The molecule has 1 heterocycles. The van der Waals surface area contributed by atoms with Gasteiger partial charge in [0.05, 0.1) is 0 Å². The van der Waals surface area contributed by atoms with Crippen molar-refractivity contribution in [2.24, 2.45) is 11.7 Å². The third kappa shape index (κ3) is 3.11. The van der Waals surface area contributed by atoms with Crippen LogP contribution in [-0.4, -0.2) is 24.5 Å². The van der Waals surface area contributed by atoms with E-state index in [4.69, 9.17) is 5.73 Å². The molecule has 2 unspecified atom stereocenters. The van der Waals surface area contributed by atoms with Gasteiger partial charge in [0.2, 0.25) is 0 Å². The maximum atomic E-state index is 14.0. The van der Waals surface area contributed by atoms with E-state index < -0.39 is 0 Å². The second-order valence-corrected chi connectivity index (χ2v) is 6.08. The van der Waals surface area contributed by atoms with Crippen molar-refractivity contribution in [3.8, 4) is 0 Å². The first-order valence-corrected chi connectivity index (χ1v) is 7.30. The highest BCUT2D eigenvalue weighted by atomic mass is 79.9. The summed E-state index contributed by atoms with van der Waals surface area (Å²) in [4.78, 5) is 2.32. The van der Waals surface area contributed by atoms with E-state index in [1.807, 2.05) is 6.07 Å². The molecule has 0 amide bonds. The van der Waals surface area contributed by atoms with Crippen LogP contribution in [0.15, 0.2) is 22.7 Å². The van der Waals surface area contributed by atoms with Crippen LogP contribution in [0, 0.1) is 11.7 Å². The Hall–Kier alpha value is -0.450. The van der Waals surface area contributed by atoms with Crippen LogP contribution in [-0.2, 0) is 0 Å². The lowest BCUT2D eigenvalue weighted by Gasteiger charge is -2.37. The van der Waals surface area contributed by atoms with Crippen LogP contribution in [0.25, 0.3) is 0 Å². The van der Waals surface area contributed by atoms with Gasteiger partial charge < -0.3 is 5.73 Å². The zero-order valence-electron chi connectivity index (χ0n) is 10.7. The van der Waals surface area contributed by atoms with Crippen LogP contribution in [0.1, 0.15) is 31.4 Å². The number of benzene rings is 1. The summed E-state index contributed by atoms with van der Waals surface area (Å²) in [6.45, 7) is 4.73. The molecule has 1 aliphatic heterocycles. The molecule has 2 N–H and O–H groups in total. The van der Waals surface area contributed by atoms with Crippen LogP contribution in [0.3, 0.4) is 0 Å². The van der Waals surface area contributed by atoms with Crippen molar-refractivity contribution in [2.45, 2.75) is 25.8 Å². The minimum atomic E-state index is -0.160. The van der Waals surface area contributed by atoms with Gasteiger partial charge in [0.1, 0.15) is 5.82 Å². The van der Waals surface area contributed by atoms with E-state index in [9.17, 15) is 4.39 Å². The standard InChI is InChI=1S/C14H20BrFN2/c1-10-3-2-6-18(9-10)14(8-17)12-7-11(15)4-5-13(12)16/h4-5,7,10,14H,2-3,6,8-9,17H2,1H3. The fourth-order valence-corrected chi connectivity index (χ4v) is 3.13. The molecule has 1 aromatic carbocycles. The first-order chi connectivity index (χ1) is 8.61. The lowest BCUT2D eigenvalue weighted by atomic mass is 9.96. The van der Waals surface area contributed by atoms with Crippen LogP contribution < -0.4 is 5.73 Å². The number of nitrogens with two attached hydrogens (primary N) is 1. The topological polar surface area (TPSA) is 29.3 Å². The van der Waals surface area contributed by atoms with Crippen molar-refractivity contribution in [1.29, 1.82) is 0 Å². The smallest absolute Gasteiger partial charge is 0.128 e. The third-order valence-electron chi connectivity index (χ3n) is 3.67. The van der Waals surface area contributed by atoms with E-state index in [0.29, 0.717) is 18.0 Å². The van der Waals surface area contributed by atoms with Gasteiger partial charge >= 0.3 is 0 Å². The second-order valence-electron chi connectivity index (χ2n) is 5.16. The molecule has 1 aliphatic rings. The number of rotatable bonds is 3. The molecule has 18 heavy (non-hydrogen) atoms. The van der Waals surface area contributed by atoms with Crippen molar-refractivity contribution in [3.63, 3.8) is 0 Å². The summed E-state index contributed by atoms with van der Waals surface area (Å²) in [5.74, 6) is 0.509. The van der Waals surface area contributed by atoms with E-state index in [0.717, 1.165) is 17.6 Å². The fraction of sp³-hybridized carbons (Fsp3) is 0.571. The summed E-state index contributed by atoms with van der Waals surface area (Å²) in [5, 5.41) is 0. The van der Waals surface area contributed by atoms with Gasteiger partial charge in [-0.1, -0.05) is 22.9 Å². The Morgan fingerprint density at radius 3 is 3.00 bits per heavy atom. The molecular weight excluding hydrogens is 295 g/mol. The monoisotopic (exact) mass is 314 g/mol. The Bertz CT molecular complexity index is 411. The lowest BCUT2D eigenvalue weighted by molar-refractivity contribution is 0.131. The summed E-state index contributed by atoms with van der Waals surface area (Å²) >= 11 is 3.40. The Morgan fingerprint density at radius 1 is 1.56 bits per heavy atom. The quantitative estimate of drug-likeness (QED) is 0.927. The van der Waals surface area contributed by atoms with Crippen LogP contribution >= 0.6 is 15.9 Å². The van der Waals surface area contributed by atoms with E-state index in [1.54, 1.807) is 6.07 Å². The molecule has 0 saturated carbocycles. The Kier molecular flexibility index (Phi) is 4.76. The van der Waals surface area contributed by atoms with Gasteiger partial charge in [0.15, 0.2) is 0 Å². The highest BCUT2D eigenvalue weighted by molar-refractivity contribution is 9.10. The van der Waals surface area contributed by atoms with Crippen LogP contribution in [0.2, 0.25) is 0 Å². The molecule has 1 fully saturated rings. The molecule has 1 saturated heterocycles. The van der Waals surface area contributed by atoms with E-state index in [-0.39, 0.29) is 11.9 Å². The first kappa shape index (κ1) is 14.0. The van der Waals surface area contributed by atoms with Gasteiger partial charge in [0.25, 0.3) is 0 Å². The number of hydrogen-bond acceptors (Lipinski definition) is 2. The largest absolute Gasteiger partial charge is 0.329 e. The average molecular weight is 315 g/mol. The summed E-state index contributed by atoms with van der Waals surface area (Å²) in [6.07, 6.45) is 2.43. The van der Waals surface area contributed by atoms with Crippen molar-refractivity contribution in [2.75, 3.05) is 19.6 Å². The SMILES string of the molecule is CC1CCCN(C(CN)c2cc(Br)ccc2F)C1. The maximum Gasteiger partial charge on any atom is 0.128 e. The molecular formula is C14H20BrFN2. The van der Waals surface area contributed by atoms with Gasteiger partial charge in [0, 0.05) is 29.2 Å². The lowest BCUT2D eigenvalue weighted by Crippen LogP contribution is -2.40. The minimum absolute atomic E-state index is 0.00903. The molecule has 0 bridgehead atoms. The number of nitrogens with zero attached hydrogens (tertiary/aromatic N) is 1. The normalized spacial score (nSPS) is 23.0. The third-order valence-corrected chi connectivity index (χ3v) is 4.16. The highest BCUT2D eigenvalue weighted by Gasteiger charge is 2.26. The highest BCUT2D eigenvalue weighted by Crippen LogP contribution is 2.29. The zero-order chi connectivity index (χ0) is 13.1. The molecule has 0 spiro atoms. The molecule has 2 rings (SSSR count). The molecule has 4 heteroatoms. The number of likely N-dealkylation sites (tertiary alicyclic amines) is 1. The fourth-order valence-electron chi connectivity index (χ4n) is 2.75. The van der Waals surface area contributed by atoms with E-state index in [2.05, 4.69) is 27.8 Å². The minimum Gasteiger partial charge on any atom is -0.329 e. The van der Waals surface area contributed by atoms with Crippen LogP contribution in [0.4, 0.5) is 4.39 Å². The average Bonchev–Trinajstić information content (AvgIpc) is 2.35. The predicted molar refractivity (Wildman–Crippen MR) is 75.9 cm³/mol.